The molecule has 1 heterocycles. The minimum absolute atomic E-state index is 0.239. The molecule has 0 aliphatic carbocycles. The third kappa shape index (κ3) is 6.36. The lowest BCUT2D eigenvalue weighted by molar-refractivity contribution is -0.130. The topological polar surface area (TPSA) is 55.8 Å². The SMILES string of the molecule is CCN(CC)CC(O)CNCCC(=O)N1CCCC1. The number of aliphatic hydroxyl groups is 1. The molecule has 5 heteroatoms. The van der Waals surface area contributed by atoms with Gasteiger partial charge in [-0.25, -0.2) is 0 Å². The van der Waals surface area contributed by atoms with Crippen LogP contribution < -0.4 is 5.32 Å². The van der Waals surface area contributed by atoms with Crippen LogP contribution in [0.15, 0.2) is 0 Å². The van der Waals surface area contributed by atoms with E-state index in [0.29, 0.717) is 26.1 Å². The summed E-state index contributed by atoms with van der Waals surface area (Å²) < 4.78 is 0. The van der Waals surface area contributed by atoms with Gasteiger partial charge in [-0.3, -0.25) is 4.79 Å². The summed E-state index contributed by atoms with van der Waals surface area (Å²) in [5, 5.41) is 13.0. The van der Waals surface area contributed by atoms with E-state index in [0.717, 1.165) is 39.0 Å². The third-order valence-electron chi connectivity index (χ3n) is 3.72. The van der Waals surface area contributed by atoms with Crippen LogP contribution in [0.2, 0.25) is 0 Å². The molecule has 1 aliphatic rings. The van der Waals surface area contributed by atoms with Gasteiger partial charge in [0.1, 0.15) is 0 Å². The number of carbonyl (C=O) groups excluding carboxylic acids is 1. The molecule has 1 aliphatic heterocycles. The van der Waals surface area contributed by atoms with Crippen LogP contribution in [0.3, 0.4) is 0 Å². The lowest BCUT2D eigenvalue weighted by Gasteiger charge is -2.22. The van der Waals surface area contributed by atoms with Gasteiger partial charge < -0.3 is 20.2 Å². The summed E-state index contributed by atoms with van der Waals surface area (Å²) in [7, 11) is 0. The Morgan fingerprint density at radius 2 is 1.95 bits per heavy atom. The van der Waals surface area contributed by atoms with Crippen molar-refractivity contribution in [1.29, 1.82) is 0 Å². The van der Waals surface area contributed by atoms with Gasteiger partial charge in [-0.2, -0.15) is 0 Å². The Bertz CT molecular complexity index is 251. The fourth-order valence-corrected chi connectivity index (χ4v) is 2.43. The highest BCUT2D eigenvalue weighted by Gasteiger charge is 2.17. The van der Waals surface area contributed by atoms with Crippen molar-refractivity contribution in [2.75, 3.05) is 45.8 Å². The first-order valence-corrected chi connectivity index (χ1v) is 7.56. The fraction of sp³-hybridized carbons (Fsp3) is 0.929. The summed E-state index contributed by atoms with van der Waals surface area (Å²) in [5.74, 6) is 0.239. The first-order chi connectivity index (χ1) is 9.17. The third-order valence-corrected chi connectivity index (χ3v) is 3.72. The summed E-state index contributed by atoms with van der Waals surface area (Å²) >= 11 is 0. The van der Waals surface area contributed by atoms with Crippen molar-refractivity contribution >= 4 is 5.91 Å². The van der Waals surface area contributed by atoms with Crippen molar-refractivity contribution in [2.45, 2.75) is 39.2 Å². The first-order valence-electron chi connectivity index (χ1n) is 7.56. The fourth-order valence-electron chi connectivity index (χ4n) is 2.43. The van der Waals surface area contributed by atoms with Crippen LogP contribution in [-0.4, -0.2) is 72.7 Å². The van der Waals surface area contributed by atoms with E-state index in [-0.39, 0.29) is 12.0 Å². The molecule has 0 spiro atoms. The maximum absolute atomic E-state index is 11.8. The van der Waals surface area contributed by atoms with Gasteiger partial charge in [0.25, 0.3) is 0 Å². The summed E-state index contributed by atoms with van der Waals surface area (Å²) in [6, 6.07) is 0. The van der Waals surface area contributed by atoms with Gasteiger partial charge in [0.15, 0.2) is 0 Å². The Kier molecular flexibility index (Phi) is 8.02. The molecule has 1 fully saturated rings. The quantitative estimate of drug-likeness (QED) is 0.592. The average molecular weight is 271 g/mol. The van der Waals surface area contributed by atoms with Gasteiger partial charge in [-0.15, -0.1) is 0 Å². The molecule has 0 bridgehead atoms. The van der Waals surface area contributed by atoms with E-state index < -0.39 is 0 Å². The predicted molar refractivity (Wildman–Crippen MR) is 77.1 cm³/mol. The molecular formula is C14H29N3O2. The molecule has 19 heavy (non-hydrogen) atoms. The Balaban J connectivity index is 2.04. The number of hydrogen-bond acceptors (Lipinski definition) is 4. The molecule has 1 rings (SSSR count). The van der Waals surface area contributed by atoms with Crippen molar-refractivity contribution in [3.63, 3.8) is 0 Å². The molecule has 0 aromatic carbocycles. The largest absolute Gasteiger partial charge is 0.390 e. The van der Waals surface area contributed by atoms with E-state index >= 15 is 0 Å². The standard InChI is InChI=1S/C14H29N3O2/c1-3-16(4-2)12-13(18)11-15-8-7-14(19)17-9-5-6-10-17/h13,15,18H,3-12H2,1-2H3. The van der Waals surface area contributed by atoms with Gasteiger partial charge in [-0.1, -0.05) is 13.8 Å². The summed E-state index contributed by atoms with van der Waals surface area (Å²) in [5.41, 5.74) is 0. The zero-order valence-electron chi connectivity index (χ0n) is 12.4. The molecule has 0 radical (unpaired) electrons. The monoisotopic (exact) mass is 271 g/mol. The van der Waals surface area contributed by atoms with Crippen LogP contribution in [-0.2, 0) is 4.79 Å². The van der Waals surface area contributed by atoms with Crippen LogP contribution in [0.1, 0.15) is 33.1 Å². The van der Waals surface area contributed by atoms with Crippen LogP contribution in [0, 0.1) is 0 Å². The van der Waals surface area contributed by atoms with Gasteiger partial charge in [0.05, 0.1) is 6.10 Å². The van der Waals surface area contributed by atoms with E-state index in [1.807, 2.05) is 4.90 Å². The number of likely N-dealkylation sites (N-methyl/N-ethyl adjacent to an activating group) is 1. The van der Waals surface area contributed by atoms with Gasteiger partial charge >= 0.3 is 0 Å². The second-order valence-corrected chi connectivity index (χ2v) is 5.18. The Morgan fingerprint density at radius 3 is 2.53 bits per heavy atom. The molecular weight excluding hydrogens is 242 g/mol. The van der Waals surface area contributed by atoms with Crippen LogP contribution in [0.25, 0.3) is 0 Å². The normalized spacial score (nSPS) is 17.2. The number of likely N-dealkylation sites (tertiary alicyclic amines) is 1. The Labute approximate surface area is 117 Å². The van der Waals surface area contributed by atoms with Gasteiger partial charge in [-0.05, 0) is 25.9 Å². The van der Waals surface area contributed by atoms with Gasteiger partial charge in [0.2, 0.25) is 5.91 Å². The summed E-state index contributed by atoms with van der Waals surface area (Å²) in [6.45, 7) is 9.86. The molecule has 2 N–H and O–H groups in total. The number of carbonyl (C=O) groups is 1. The lowest BCUT2D eigenvalue weighted by atomic mass is 10.3. The lowest BCUT2D eigenvalue weighted by Crippen LogP contribution is -2.39. The van der Waals surface area contributed by atoms with Crippen LogP contribution in [0.4, 0.5) is 0 Å². The molecule has 1 saturated heterocycles. The minimum atomic E-state index is -0.359. The molecule has 1 unspecified atom stereocenters. The summed E-state index contributed by atoms with van der Waals surface area (Å²) in [6.07, 6.45) is 2.46. The van der Waals surface area contributed by atoms with Crippen molar-refractivity contribution in [3.8, 4) is 0 Å². The highest BCUT2D eigenvalue weighted by molar-refractivity contribution is 5.76. The zero-order valence-corrected chi connectivity index (χ0v) is 12.4. The number of aliphatic hydroxyl groups excluding tert-OH is 1. The van der Waals surface area contributed by atoms with E-state index in [1.54, 1.807) is 0 Å². The first kappa shape index (κ1) is 16.4. The molecule has 5 nitrogen and oxygen atoms in total. The summed E-state index contributed by atoms with van der Waals surface area (Å²) in [4.78, 5) is 15.9. The smallest absolute Gasteiger partial charge is 0.223 e. The van der Waals surface area contributed by atoms with E-state index in [9.17, 15) is 9.90 Å². The van der Waals surface area contributed by atoms with Crippen molar-refractivity contribution < 1.29 is 9.90 Å². The second kappa shape index (κ2) is 9.28. The van der Waals surface area contributed by atoms with E-state index in [2.05, 4.69) is 24.1 Å². The molecule has 0 aromatic rings. The Morgan fingerprint density at radius 1 is 1.32 bits per heavy atom. The maximum atomic E-state index is 11.8. The number of amides is 1. The average Bonchev–Trinajstić information content (AvgIpc) is 2.94. The maximum Gasteiger partial charge on any atom is 0.223 e. The Hall–Kier alpha value is -0.650. The van der Waals surface area contributed by atoms with Crippen molar-refractivity contribution in [3.05, 3.63) is 0 Å². The van der Waals surface area contributed by atoms with E-state index in [1.165, 1.54) is 0 Å². The van der Waals surface area contributed by atoms with E-state index in [4.69, 9.17) is 0 Å². The number of nitrogens with one attached hydrogen (secondary N) is 1. The number of rotatable bonds is 9. The predicted octanol–water partition coefficient (Wildman–Crippen LogP) is 0.291. The molecule has 112 valence electrons. The zero-order chi connectivity index (χ0) is 14.1. The van der Waals surface area contributed by atoms with Crippen molar-refractivity contribution in [2.24, 2.45) is 0 Å². The minimum Gasteiger partial charge on any atom is -0.390 e. The molecule has 1 amide bonds. The van der Waals surface area contributed by atoms with Gasteiger partial charge in [0, 0.05) is 39.1 Å². The molecule has 1 atom stereocenters. The highest BCUT2D eigenvalue weighted by atomic mass is 16.3. The van der Waals surface area contributed by atoms with Crippen molar-refractivity contribution in [1.82, 2.24) is 15.1 Å². The van der Waals surface area contributed by atoms with Crippen LogP contribution >= 0.6 is 0 Å². The molecule has 0 saturated carbocycles. The van der Waals surface area contributed by atoms with Crippen LogP contribution in [0.5, 0.6) is 0 Å². The molecule has 0 aromatic heterocycles. The highest BCUT2D eigenvalue weighted by Crippen LogP contribution is 2.08. The number of nitrogens with zero attached hydrogens (tertiary/aromatic N) is 2. The second-order valence-electron chi connectivity index (χ2n) is 5.18. The number of hydrogen-bond donors (Lipinski definition) is 2.